The number of hydrogen-bond acceptors (Lipinski definition) is 10. The summed E-state index contributed by atoms with van der Waals surface area (Å²) in [4.78, 5) is 54.8. The summed E-state index contributed by atoms with van der Waals surface area (Å²) in [5.74, 6) is 0.226. The lowest BCUT2D eigenvalue weighted by molar-refractivity contribution is -0.141. The first kappa shape index (κ1) is 41.2. The van der Waals surface area contributed by atoms with Crippen LogP contribution in [0.4, 0.5) is 0 Å². The molecule has 0 radical (unpaired) electrons. The van der Waals surface area contributed by atoms with E-state index in [2.05, 4.69) is 62.0 Å². The number of halogens is 1. The average Bonchev–Trinajstić information content (AvgIpc) is 4.03. The van der Waals surface area contributed by atoms with E-state index in [1.54, 1.807) is 17.4 Å². The maximum absolute atomic E-state index is 14.2. The first-order valence-corrected chi connectivity index (χ1v) is 22.3. The Hall–Kier alpha value is -5.21. The molecule has 2 N–H and O–H groups in total. The largest absolute Gasteiger partial charge is 0.391 e. The van der Waals surface area contributed by atoms with Crippen molar-refractivity contribution in [1.82, 2.24) is 34.8 Å². The molecule has 14 heteroatoms. The van der Waals surface area contributed by atoms with Gasteiger partial charge >= 0.3 is 0 Å². The van der Waals surface area contributed by atoms with Gasteiger partial charge in [-0.05, 0) is 99.0 Å². The summed E-state index contributed by atoms with van der Waals surface area (Å²) >= 11 is 8.07. The summed E-state index contributed by atoms with van der Waals surface area (Å²) in [6, 6.07) is 21.3. The molecule has 3 atom stereocenters. The number of aliphatic hydroxyl groups excluding tert-OH is 1. The van der Waals surface area contributed by atoms with Crippen LogP contribution in [0, 0.1) is 12.8 Å². The number of nitrogens with zero attached hydrogens (tertiary/aromatic N) is 6. The Morgan fingerprint density at radius 2 is 1.84 bits per heavy atom. The Kier molecular flexibility index (Phi) is 11.0. The third-order valence-corrected chi connectivity index (χ3v) is 14.2. The highest BCUT2D eigenvalue weighted by Crippen LogP contribution is 2.45. The quantitative estimate of drug-likeness (QED) is 0.143. The van der Waals surface area contributed by atoms with Crippen LogP contribution in [0.15, 0.2) is 81.6 Å². The molecule has 0 aliphatic carbocycles. The van der Waals surface area contributed by atoms with Crippen LogP contribution in [0.3, 0.4) is 0 Å². The number of carbonyl (C=O) groups excluding carboxylic acids is 2. The van der Waals surface area contributed by atoms with Gasteiger partial charge in [0.25, 0.3) is 5.56 Å². The van der Waals surface area contributed by atoms with Gasteiger partial charge in [0.05, 0.1) is 54.9 Å². The first-order chi connectivity index (χ1) is 29.3. The molecule has 6 aromatic rings. The normalized spacial score (nSPS) is 19.4. The van der Waals surface area contributed by atoms with E-state index in [0.717, 1.165) is 75.9 Å². The summed E-state index contributed by atoms with van der Waals surface area (Å²) < 4.78 is 7.97. The predicted molar refractivity (Wildman–Crippen MR) is 236 cm³/mol. The maximum Gasteiger partial charge on any atom is 0.282 e. The van der Waals surface area contributed by atoms with E-state index in [9.17, 15) is 19.5 Å². The number of hydrogen-bond donors (Lipinski definition) is 2. The maximum atomic E-state index is 14.2. The summed E-state index contributed by atoms with van der Waals surface area (Å²) in [6.07, 6.45) is 1.31. The van der Waals surface area contributed by atoms with Crippen LogP contribution in [0.5, 0.6) is 0 Å². The van der Waals surface area contributed by atoms with E-state index >= 15 is 0 Å². The van der Waals surface area contributed by atoms with Gasteiger partial charge in [0, 0.05) is 32.1 Å². The van der Waals surface area contributed by atoms with Crippen molar-refractivity contribution in [3.8, 4) is 16.1 Å². The molecule has 316 valence electrons. The number of nitrogens with one attached hydrogen (secondary N) is 1. The smallest absolute Gasteiger partial charge is 0.282 e. The zero-order valence-electron chi connectivity index (χ0n) is 35.0. The van der Waals surface area contributed by atoms with Crippen molar-refractivity contribution in [2.45, 2.75) is 96.4 Å². The number of fused-ring (bicyclic) bond motifs is 5. The van der Waals surface area contributed by atoms with Crippen molar-refractivity contribution in [3.05, 3.63) is 127 Å². The van der Waals surface area contributed by atoms with E-state index < -0.39 is 23.5 Å². The minimum atomic E-state index is -0.801. The monoisotopic (exact) mass is 859 g/mol. The number of amides is 2. The molecule has 3 aromatic heterocycles. The zero-order valence-corrected chi connectivity index (χ0v) is 36.6. The fourth-order valence-corrected chi connectivity index (χ4v) is 10.7. The van der Waals surface area contributed by atoms with Crippen molar-refractivity contribution < 1.29 is 19.2 Å². The summed E-state index contributed by atoms with van der Waals surface area (Å²) in [5, 5.41) is 18.9. The number of rotatable bonds is 10. The summed E-state index contributed by atoms with van der Waals surface area (Å²) in [5.41, 5.74) is 9.05. The van der Waals surface area contributed by atoms with E-state index in [0.29, 0.717) is 35.2 Å². The topological polar surface area (TPSA) is 147 Å². The van der Waals surface area contributed by atoms with Crippen molar-refractivity contribution in [3.63, 3.8) is 0 Å². The molecule has 2 unspecified atom stereocenters. The molecule has 3 aliphatic heterocycles. The molecule has 3 aliphatic rings. The van der Waals surface area contributed by atoms with Gasteiger partial charge in [-0.2, -0.15) is 4.98 Å². The number of piperidine rings is 1. The summed E-state index contributed by atoms with van der Waals surface area (Å²) in [6.45, 7) is 12.9. The number of β-amino-alcohol motifs (C(OH)–C–C–N with tert-alkyl or cyclic N) is 1. The molecule has 6 heterocycles. The van der Waals surface area contributed by atoms with Crippen LogP contribution < -0.4 is 10.9 Å². The van der Waals surface area contributed by atoms with Crippen LogP contribution in [0.1, 0.15) is 98.5 Å². The predicted octanol–water partition coefficient (Wildman–Crippen LogP) is 7.50. The Bertz CT molecular complexity index is 2700. The lowest BCUT2D eigenvalue weighted by atomic mass is 9.81. The van der Waals surface area contributed by atoms with Gasteiger partial charge in [-0.1, -0.05) is 73.1 Å². The minimum Gasteiger partial charge on any atom is -0.391 e. The third kappa shape index (κ3) is 7.59. The number of benzene rings is 3. The lowest BCUT2D eigenvalue weighted by Crippen LogP contribution is -2.48. The molecule has 12 nitrogen and oxygen atoms in total. The second-order valence-corrected chi connectivity index (χ2v) is 18.9. The van der Waals surface area contributed by atoms with E-state index in [1.807, 2.05) is 68.7 Å². The highest BCUT2D eigenvalue weighted by Gasteiger charge is 2.44. The van der Waals surface area contributed by atoms with Gasteiger partial charge in [0.2, 0.25) is 11.8 Å². The number of carbonyl (C=O) groups is 2. The van der Waals surface area contributed by atoms with Crippen LogP contribution in [-0.2, 0) is 28.1 Å². The second kappa shape index (κ2) is 16.2. The van der Waals surface area contributed by atoms with Crippen molar-refractivity contribution in [2.24, 2.45) is 5.92 Å². The molecular weight excluding hydrogens is 810 g/mol. The van der Waals surface area contributed by atoms with E-state index in [1.165, 1.54) is 10.5 Å². The Morgan fingerprint density at radius 1 is 1.07 bits per heavy atom. The second-order valence-electron chi connectivity index (χ2n) is 17.7. The molecule has 2 fully saturated rings. The number of thiazole rings is 1. The van der Waals surface area contributed by atoms with Crippen LogP contribution in [0.2, 0.25) is 5.02 Å². The standard InChI is InChI=1S/C47H50ClN7O5S/c1-26(2)40(45(59)54-24-33(56)21-38(54)43(57)49-22-28-9-11-30(12-10-28)42-27(3)50-25-61-42)39-20-32(52-60-39)23-53-17-15-29(16-18-53)31-13-14-36-34(19-31)47(4,5)46-51-44(58)41-35(48)7-6-8-37(41)55(36)46/h6-14,19-20,25-26,29,33,38,40,56H,15-18,21-24H2,1-5H3,(H,49,57)/t33?,38-,40?/m0/s1. The Labute approximate surface area is 363 Å². The fourth-order valence-electron chi connectivity index (χ4n) is 9.60. The van der Waals surface area contributed by atoms with Crippen LogP contribution >= 0.6 is 22.9 Å². The molecule has 0 spiro atoms. The van der Waals surface area contributed by atoms with Crippen molar-refractivity contribution in [2.75, 3.05) is 19.6 Å². The number of aryl methyl sites for hydroxylation is 1. The van der Waals surface area contributed by atoms with E-state index in [-0.39, 0.29) is 36.3 Å². The first-order valence-electron chi connectivity index (χ1n) is 21.1. The fraction of sp³-hybridized carbons (Fsp3) is 0.404. The third-order valence-electron chi connectivity index (χ3n) is 12.9. The average molecular weight is 860 g/mol. The van der Waals surface area contributed by atoms with Crippen LogP contribution in [0.25, 0.3) is 27.0 Å². The van der Waals surface area contributed by atoms with E-state index in [4.69, 9.17) is 16.1 Å². The van der Waals surface area contributed by atoms with Crippen LogP contribution in [-0.4, -0.2) is 78.2 Å². The zero-order chi connectivity index (χ0) is 42.7. The van der Waals surface area contributed by atoms with Gasteiger partial charge in [0.15, 0.2) is 0 Å². The molecule has 2 amide bonds. The van der Waals surface area contributed by atoms with Crippen molar-refractivity contribution >= 4 is 45.7 Å². The Balaban J connectivity index is 0.830. The minimum absolute atomic E-state index is 0.0796. The molecular formula is C47H50ClN7O5S. The highest BCUT2D eigenvalue weighted by molar-refractivity contribution is 7.13. The molecule has 0 bridgehead atoms. The van der Waals surface area contributed by atoms with Gasteiger partial charge < -0.3 is 19.8 Å². The van der Waals surface area contributed by atoms with Gasteiger partial charge in [-0.3, -0.25) is 23.9 Å². The van der Waals surface area contributed by atoms with Gasteiger partial charge in [0.1, 0.15) is 23.5 Å². The SMILES string of the molecule is Cc1ncsc1-c1ccc(CNC(=O)[C@@H]2CC(O)CN2C(=O)C(c2cc(CN3CCC(c4ccc5c(c4)C(C)(C)c4nc(=O)c6c(Cl)cccc6n4-5)CC3)no2)C(C)C)cc1. The highest BCUT2D eigenvalue weighted by atomic mass is 35.5. The lowest BCUT2D eigenvalue weighted by Gasteiger charge is -2.32. The molecule has 9 rings (SSSR count). The molecule has 61 heavy (non-hydrogen) atoms. The number of aromatic nitrogens is 4. The molecule has 3 aromatic carbocycles. The molecule has 0 saturated carbocycles. The van der Waals surface area contributed by atoms with Gasteiger partial charge in [-0.25, -0.2) is 4.98 Å². The molecule has 2 saturated heterocycles. The number of likely N-dealkylation sites (tertiary alicyclic amines) is 2. The Morgan fingerprint density at radius 3 is 2.56 bits per heavy atom. The number of aliphatic hydroxyl groups is 1. The summed E-state index contributed by atoms with van der Waals surface area (Å²) in [7, 11) is 0. The van der Waals surface area contributed by atoms with Gasteiger partial charge in [-0.15, -0.1) is 11.3 Å². The van der Waals surface area contributed by atoms with Crippen molar-refractivity contribution in [1.29, 1.82) is 0 Å².